The second kappa shape index (κ2) is 9.61. The number of alkyl halides is 3. The number of carbonyl (C=O) groups is 1. The fourth-order valence-electron chi connectivity index (χ4n) is 3.90. The Bertz CT molecular complexity index is 1310. The van der Waals surface area contributed by atoms with E-state index in [4.69, 9.17) is 9.47 Å². The molecule has 0 amide bonds. The third-order valence-corrected chi connectivity index (χ3v) is 5.76. The molecule has 0 aliphatic carbocycles. The minimum absolute atomic E-state index is 0.0283. The molecule has 0 bridgehead atoms. The van der Waals surface area contributed by atoms with E-state index in [1.807, 2.05) is 20.8 Å². The van der Waals surface area contributed by atoms with Crippen molar-refractivity contribution in [2.75, 3.05) is 13.7 Å². The highest BCUT2D eigenvalue weighted by atomic mass is 19.4. The number of hydrogen-bond donors (Lipinski definition) is 2. The van der Waals surface area contributed by atoms with Crippen LogP contribution < -0.4 is 14.9 Å². The molecule has 1 atom stereocenters. The molecule has 0 saturated carbocycles. The van der Waals surface area contributed by atoms with Crippen LogP contribution in [0, 0.1) is 5.41 Å². The summed E-state index contributed by atoms with van der Waals surface area (Å²) >= 11 is 0. The van der Waals surface area contributed by atoms with E-state index >= 15 is 0 Å². The molecule has 35 heavy (non-hydrogen) atoms. The van der Waals surface area contributed by atoms with Gasteiger partial charge in [-0.2, -0.15) is 13.2 Å². The fraction of sp³-hybridized carbons (Fsp3) is 0.360. The molecular formula is C25H26F3NO6. The quantitative estimate of drug-likeness (QED) is 0.487. The van der Waals surface area contributed by atoms with Crippen LogP contribution in [-0.2, 0) is 12.8 Å². The maximum Gasteiger partial charge on any atom is 0.416 e. The number of aliphatic hydroxyl groups excluding tert-OH is 1. The van der Waals surface area contributed by atoms with Crippen LogP contribution in [-0.4, -0.2) is 34.5 Å². The largest absolute Gasteiger partial charge is 0.493 e. The van der Waals surface area contributed by atoms with E-state index in [-0.39, 0.29) is 34.6 Å². The molecule has 2 N–H and O–H groups in total. The van der Waals surface area contributed by atoms with Crippen molar-refractivity contribution >= 4 is 16.9 Å². The fourth-order valence-corrected chi connectivity index (χ4v) is 3.90. The van der Waals surface area contributed by atoms with Gasteiger partial charge >= 0.3 is 12.1 Å². The van der Waals surface area contributed by atoms with Crippen LogP contribution in [0.2, 0.25) is 0 Å². The number of rotatable bonds is 7. The maximum atomic E-state index is 13.4. The van der Waals surface area contributed by atoms with Gasteiger partial charge in [-0.3, -0.25) is 4.79 Å². The van der Waals surface area contributed by atoms with Crippen molar-refractivity contribution in [3.8, 4) is 11.5 Å². The molecule has 3 rings (SSSR count). The second-order valence-corrected chi connectivity index (χ2v) is 9.11. The topological polar surface area (TPSA) is 98.0 Å². The van der Waals surface area contributed by atoms with Crippen LogP contribution in [0.4, 0.5) is 13.2 Å². The predicted molar refractivity (Wildman–Crippen MR) is 123 cm³/mol. The van der Waals surface area contributed by atoms with Gasteiger partial charge in [0.05, 0.1) is 36.2 Å². The van der Waals surface area contributed by atoms with Gasteiger partial charge in [0.15, 0.2) is 11.5 Å². The summed E-state index contributed by atoms with van der Waals surface area (Å²) in [6, 6.07) is 7.04. The number of carboxylic acid groups (broad SMARTS) is 1. The number of fused-ring (bicyclic) bond motifs is 1. The monoisotopic (exact) mass is 493 g/mol. The van der Waals surface area contributed by atoms with E-state index in [2.05, 4.69) is 0 Å². The van der Waals surface area contributed by atoms with Crippen LogP contribution in [0.15, 0.2) is 47.4 Å². The lowest BCUT2D eigenvalue weighted by atomic mass is 9.86. The summed E-state index contributed by atoms with van der Waals surface area (Å²) in [5.74, 6) is -1.35. The van der Waals surface area contributed by atoms with Crippen LogP contribution in [0.1, 0.15) is 48.3 Å². The first-order valence-corrected chi connectivity index (χ1v) is 10.7. The Morgan fingerprint density at radius 1 is 1.11 bits per heavy atom. The molecule has 2 aromatic carbocycles. The number of ether oxygens (including phenoxy) is 2. The molecule has 3 aromatic rings. The number of hydrogen-bond acceptors (Lipinski definition) is 5. The molecule has 0 radical (unpaired) electrons. The molecule has 10 heteroatoms. The summed E-state index contributed by atoms with van der Waals surface area (Å²) in [5.41, 5.74) is -2.51. The molecule has 7 nitrogen and oxygen atoms in total. The van der Waals surface area contributed by atoms with Gasteiger partial charge in [0.1, 0.15) is 12.2 Å². The third-order valence-electron chi connectivity index (χ3n) is 5.76. The average molecular weight is 493 g/mol. The van der Waals surface area contributed by atoms with Crippen molar-refractivity contribution in [1.29, 1.82) is 0 Å². The van der Waals surface area contributed by atoms with Gasteiger partial charge in [-0.25, -0.2) is 4.79 Å². The molecule has 0 aliphatic rings. The third kappa shape index (κ3) is 5.27. The number of pyridine rings is 1. The van der Waals surface area contributed by atoms with E-state index in [9.17, 15) is 33.0 Å². The highest BCUT2D eigenvalue weighted by Crippen LogP contribution is 2.38. The smallest absolute Gasteiger partial charge is 0.416 e. The second-order valence-electron chi connectivity index (χ2n) is 9.11. The number of aliphatic hydroxyl groups is 1. The van der Waals surface area contributed by atoms with Crippen molar-refractivity contribution in [3.05, 3.63) is 69.5 Å². The van der Waals surface area contributed by atoms with Crippen molar-refractivity contribution in [3.63, 3.8) is 0 Å². The van der Waals surface area contributed by atoms with Crippen molar-refractivity contribution in [1.82, 2.24) is 4.57 Å². The zero-order valence-electron chi connectivity index (χ0n) is 19.6. The van der Waals surface area contributed by atoms with Crippen LogP contribution in [0.25, 0.3) is 10.9 Å². The summed E-state index contributed by atoms with van der Waals surface area (Å²) in [4.78, 5) is 24.8. The lowest BCUT2D eigenvalue weighted by Crippen LogP contribution is -2.30. The van der Waals surface area contributed by atoms with Crippen molar-refractivity contribution in [2.45, 2.75) is 39.6 Å². The van der Waals surface area contributed by atoms with Gasteiger partial charge in [0.2, 0.25) is 5.43 Å². The standard InChI is InChI=1S/C25H26F3NO6/c1-24(2,3)21(12-30)29-11-16(23(32)33)22(31)15-9-20(19(34-4)10-18(15)29)35-13-14-7-5-6-8-17(14)25(26,27)28/h5-11,21,30H,12-13H2,1-4H3,(H,32,33). The Hall–Kier alpha value is -3.53. The highest BCUT2D eigenvalue weighted by molar-refractivity contribution is 5.93. The van der Waals surface area contributed by atoms with E-state index in [0.29, 0.717) is 0 Å². The van der Waals surface area contributed by atoms with Gasteiger partial charge < -0.3 is 24.3 Å². The molecule has 0 saturated heterocycles. The number of benzene rings is 2. The lowest BCUT2D eigenvalue weighted by molar-refractivity contribution is -0.138. The van der Waals surface area contributed by atoms with Crippen LogP contribution >= 0.6 is 0 Å². The average Bonchev–Trinajstić information content (AvgIpc) is 2.77. The molecule has 0 aliphatic heterocycles. The van der Waals surface area contributed by atoms with Gasteiger partial charge in [0, 0.05) is 17.8 Å². The van der Waals surface area contributed by atoms with Gasteiger partial charge in [-0.15, -0.1) is 0 Å². The van der Waals surface area contributed by atoms with Gasteiger partial charge in [-0.1, -0.05) is 39.0 Å². The molecule has 1 aromatic heterocycles. The minimum Gasteiger partial charge on any atom is -0.493 e. The predicted octanol–water partition coefficient (Wildman–Crippen LogP) is 4.89. The Morgan fingerprint density at radius 2 is 1.77 bits per heavy atom. The molecule has 188 valence electrons. The zero-order valence-corrected chi connectivity index (χ0v) is 19.6. The minimum atomic E-state index is -4.58. The summed E-state index contributed by atoms with van der Waals surface area (Å²) in [6.45, 7) is 4.75. The first-order valence-electron chi connectivity index (χ1n) is 10.7. The molecule has 0 spiro atoms. The lowest BCUT2D eigenvalue weighted by Gasteiger charge is -2.33. The van der Waals surface area contributed by atoms with E-state index < -0.39 is 46.8 Å². The highest BCUT2D eigenvalue weighted by Gasteiger charge is 2.33. The summed E-state index contributed by atoms with van der Waals surface area (Å²) in [6.07, 6.45) is -3.40. The Morgan fingerprint density at radius 3 is 2.31 bits per heavy atom. The van der Waals surface area contributed by atoms with Gasteiger partial charge in [-0.05, 0) is 17.5 Å². The Balaban J connectivity index is 2.20. The summed E-state index contributed by atoms with van der Waals surface area (Å²) in [7, 11) is 1.33. The van der Waals surface area contributed by atoms with Crippen molar-refractivity contribution < 1.29 is 37.7 Å². The number of methoxy groups -OCH3 is 1. The molecule has 0 fully saturated rings. The summed E-state index contributed by atoms with van der Waals surface area (Å²) < 4.78 is 52.6. The number of aromatic nitrogens is 1. The normalized spacial score (nSPS) is 13.0. The Labute approximate surface area is 199 Å². The maximum absolute atomic E-state index is 13.4. The first-order chi connectivity index (χ1) is 16.3. The van der Waals surface area contributed by atoms with Crippen LogP contribution in [0.3, 0.4) is 0 Å². The van der Waals surface area contributed by atoms with E-state index in [0.717, 1.165) is 6.07 Å². The molecule has 1 unspecified atom stereocenters. The number of aromatic carboxylic acids is 1. The number of nitrogens with zero attached hydrogens (tertiary/aromatic N) is 1. The van der Waals surface area contributed by atoms with Gasteiger partial charge in [0.25, 0.3) is 0 Å². The molecule has 1 heterocycles. The number of halogens is 3. The summed E-state index contributed by atoms with van der Waals surface area (Å²) in [5, 5.41) is 19.6. The zero-order chi connectivity index (χ0) is 26.1. The van der Waals surface area contributed by atoms with E-state index in [1.54, 1.807) is 0 Å². The number of carboxylic acids is 1. The molecular weight excluding hydrogens is 467 g/mol. The van der Waals surface area contributed by atoms with Crippen molar-refractivity contribution in [2.24, 2.45) is 5.41 Å². The van der Waals surface area contributed by atoms with Crippen LogP contribution in [0.5, 0.6) is 11.5 Å². The van der Waals surface area contributed by atoms with E-state index in [1.165, 1.54) is 48.2 Å². The SMILES string of the molecule is COc1cc2c(cc1OCc1ccccc1C(F)(F)F)c(=O)c(C(=O)O)cn2C(CO)C(C)(C)C. The first kappa shape index (κ1) is 26.1. The Kier molecular flexibility index (Phi) is 7.16.